The summed E-state index contributed by atoms with van der Waals surface area (Å²) in [6.45, 7) is 0.528. The van der Waals surface area contributed by atoms with Crippen molar-refractivity contribution in [2.75, 3.05) is 6.61 Å². The van der Waals surface area contributed by atoms with Gasteiger partial charge in [0, 0.05) is 5.56 Å². The predicted octanol–water partition coefficient (Wildman–Crippen LogP) is 1.76. The molecule has 0 saturated carbocycles. The molecular weight excluding hydrogens is 336 g/mol. The van der Waals surface area contributed by atoms with E-state index in [0.717, 1.165) is 11.1 Å². The van der Waals surface area contributed by atoms with Crippen LogP contribution in [-0.2, 0) is 25.6 Å². The van der Waals surface area contributed by atoms with Crippen LogP contribution in [-0.4, -0.2) is 47.5 Å². The van der Waals surface area contributed by atoms with Crippen molar-refractivity contribution in [3.05, 3.63) is 71.8 Å². The molecule has 2 aromatic carbocycles. The van der Waals surface area contributed by atoms with Crippen molar-refractivity contribution < 1.29 is 29.2 Å². The third-order valence-corrected chi connectivity index (χ3v) is 4.66. The van der Waals surface area contributed by atoms with Crippen molar-refractivity contribution in [2.45, 2.75) is 43.6 Å². The predicted molar refractivity (Wildman–Crippen MR) is 91.9 cm³/mol. The van der Waals surface area contributed by atoms with Gasteiger partial charge >= 0.3 is 0 Å². The van der Waals surface area contributed by atoms with Crippen molar-refractivity contribution in [3.63, 3.8) is 0 Å². The van der Waals surface area contributed by atoms with Gasteiger partial charge in [-0.1, -0.05) is 60.7 Å². The summed E-state index contributed by atoms with van der Waals surface area (Å²) in [4.78, 5) is 0. The summed E-state index contributed by atoms with van der Waals surface area (Å²) >= 11 is 0. The molecule has 2 aliphatic heterocycles. The number of benzene rings is 2. The van der Waals surface area contributed by atoms with Crippen molar-refractivity contribution >= 4 is 0 Å². The van der Waals surface area contributed by atoms with Crippen LogP contribution in [0.1, 0.15) is 17.4 Å². The molecule has 2 aromatic rings. The molecule has 0 amide bonds. The summed E-state index contributed by atoms with van der Waals surface area (Å²) in [5.74, 6) is 0. The van der Waals surface area contributed by atoms with Gasteiger partial charge in [-0.25, -0.2) is 0 Å². The molecule has 0 unspecified atom stereocenters. The van der Waals surface area contributed by atoms with Gasteiger partial charge in [0.2, 0.25) is 0 Å². The first-order valence-electron chi connectivity index (χ1n) is 8.71. The first-order valence-corrected chi connectivity index (χ1v) is 8.71. The maximum Gasteiger partial charge on any atom is 0.187 e. The lowest BCUT2D eigenvalue weighted by atomic mass is 9.98. The van der Waals surface area contributed by atoms with Crippen molar-refractivity contribution in [2.24, 2.45) is 0 Å². The summed E-state index contributed by atoms with van der Waals surface area (Å²) in [6.07, 6.45) is -5.04. The fourth-order valence-electron chi connectivity index (χ4n) is 3.25. The molecule has 0 aliphatic carbocycles. The van der Waals surface area contributed by atoms with Gasteiger partial charge in [-0.2, -0.15) is 0 Å². The Kier molecular flexibility index (Phi) is 5.31. The maximum absolute atomic E-state index is 10.5. The molecule has 138 valence electrons. The molecular formula is C20H22O6. The van der Waals surface area contributed by atoms with Crippen LogP contribution in [0.15, 0.2) is 60.7 Å². The van der Waals surface area contributed by atoms with Crippen molar-refractivity contribution in [1.82, 2.24) is 0 Å². The molecule has 0 aromatic heterocycles. The Balaban J connectivity index is 1.40. The van der Waals surface area contributed by atoms with E-state index in [4.69, 9.17) is 18.9 Å². The highest BCUT2D eigenvalue weighted by Crippen LogP contribution is 2.34. The molecule has 0 spiro atoms. The molecule has 2 heterocycles. The van der Waals surface area contributed by atoms with Crippen LogP contribution in [0.3, 0.4) is 0 Å². The third kappa shape index (κ3) is 3.66. The van der Waals surface area contributed by atoms with Crippen LogP contribution in [0.5, 0.6) is 0 Å². The molecule has 0 radical (unpaired) electrons. The number of aliphatic hydroxyl groups excluding tert-OH is 2. The number of fused-ring (bicyclic) bond motifs is 1. The minimum atomic E-state index is -1.20. The van der Waals surface area contributed by atoms with Gasteiger partial charge in [-0.3, -0.25) is 0 Å². The van der Waals surface area contributed by atoms with E-state index in [2.05, 4.69) is 0 Å². The molecule has 2 saturated heterocycles. The summed E-state index contributed by atoms with van der Waals surface area (Å²) in [7, 11) is 0. The second kappa shape index (κ2) is 7.84. The topological polar surface area (TPSA) is 77.4 Å². The van der Waals surface area contributed by atoms with E-state index in [-0.39, 0.29) is 13.2 Å². The summed E-state index contributed by atoms with van der Waals surface area (Å²) in [6, 6.07) is 19.1. The second-order valence-electron chi connectivity index (χ2n) is 6.50. The zero-order valence-corrected chi connectivity index (χ0v) is 14.2. The molecule has 4 rings (SSSR count). The summed E-state index contributed by atoms with van der Waals surface area (Å²) in [5.41, 5.74) is 1.82. The van der Waals surface area contributed by atoms with E-state index in [1.807, 2.05) is 60.7 Å². The number of rotatable bonds is 4. The van der Waals surface area contributed by atoms with Crippen LogP contribution in [0, 0.1) is 0 Å². The molecule has 6 atom stereocenters. The lowest BCUT2D eigenvalue weighted by molar-refractivity contribution is -0.362. The highest BCUT2D eigenvalue weighted by Gasteiger charge is 2.49. The van der Waals surface area contributed by atoms with E-state index in [1.165, 1.54) is 0 Å². The Hall–Kier alpha value is -1.80. The fraction of sp³-hybridized carbons (Fsp3) is 0.400. The zero-order chi connectivity index (χ0) is 17.9. The van der Waals surface area contributed by atoms with E-state index in [9.17, 15) is 10.2 Å². The SMILES string of the molecule is O[C@@H]1[C@@H](O)[C@H](OCc2ccccc2)O[C@@H]2CO[C@@H](c3ccccc3)O[C@@H]12. The van der Waals surface area contributed by atoms with Crippen LogP contribution in [0.25, 0.3) is 0 Å². The Bertz CT molecular complexity index is 692. The van der Waals surface area contributed by atoms with Gasteiger partial charge < -0.3 is 29.2 Å². The monoisotopic (exact) mass is 358 g/mol. The molecule has 0 bridgehead atoms. The molecule has 2 aliphatic rings. The minimum Gasteiger partial charge on any atom is -0.387 e. The van der Waals surface area contributed by atoms with Crippen molar-refractivity contribution in [3.8, 4) is 0 Å². The lowest BCUT2D eigenvalue weighted by Gasteiger charge is -2.46. The number of aliphatic hydroxyl groups is 2. The van der Waals surface area contributed by atoms with Crippen LogP contribution >= 0.6 is 0 Å². The number of hydrogen-bond acceptors (Lipinski definition) is 6. The van der Waals surface area contributed by atoms with Gasteiger partial charge in [0.15, 0.2) is 12.6 Å². The third-order valence-electron chi connectivity index (χ3n) is 4.66. The Morgan fingerprint density at radius 3 is 2.31 bits per heavy atom. The van der Waals surface area contributed by atoms with E-state index in [1.54, 1.807) is 0 Å². The van der Waals surface area contributed by atoms with Gasteiger partial charge in [0.25, 0.3) is 0 Å². The maximum atomic E-state index is 10.5. The summed E-state index contributed by atoms with van der Waals surface area (Å²) < 4.78 is 23.1. The van der Waals surface area contributed by atoms with Crippen LogP contribution in [0.4, 0.5) is 0 Å². The molecule has 6 heteroatoms. The molecule has 6 nitrogen and oxygen atoms in total. The molecule has 2 fully saturated rings. The minimum absolute atomic E-state index is 0.249. The average molecular weight is 358 g/mol. The lowest BCUT2D eigenvalue weighted by Crippen LogP contribution is -2.62. The smallest absolute Gasteiger partial charge is 0.187 e. The number of hydrogen-bond donors (Lipinski definition) is 2. The van der Waals surface area contributed by atoms with E-state index < -0.39 is 37.0 Å². The Morgan fingerprint density at radius 2 is 1.58 bits per heavy atom. The first-order chi connectivity index (χ1) is 12.7. The highest BCUT2D eigenvalue weighted by atomic mass is 16.8. The fourth-order valence-corrected chi connectivity index (χ4v) is 3.25. The van der Waals surface area contributed by atoms with Crippen LogP contribution in [0.2, 0.25) is 0 Å². The standard InChI is InChI=1S/C20H22O6/c21-16-17(22)20(23-11-13-7-3-1-4-8-13)25-15-12-24-19(26-18(15)16)14-9-5-2-6-10-14/h1-10,15-22H,11-12H2/t15-,16-,17-,18-,19-,20-/m1/s1. The Labute approximate surface area is 151 Å². The van der Waals surface area contributed by atoms with Gasteiger partial charge in [-0.15, -0.1) is 0 Å². The number of ether oxygens (including phenoxy) is 4. The normalized spacial score (nSPS) is 34.2. The van der Waals surface area contributed by atoms with E-state index in [0.29, 0.717) is 0 Å². The van der Waals surface area contributed by atoms with Gasteiger partial charge in [-0.05, 0) is 5.56 Å². The second-order valence-corrected chi connectivity index (χ2v) is 6.50. The Morgan fingerprint density at radius 1 is 0.885 bits per heavy atom. The first kappa shape index (κ1) is 17.6. The quantitative estimate of drug-likeness (QED) is 0.867. The summed E-state index contributed by atoms with van der Waals surface area (Å²) in [5, 5.41) is 20.9. The van der Waals surface area contributed by atoms with E-state index >= 15 is 0 Å². The van der Waals surface area contributed by atoms with Gasteiger partial charge in [0.1, 0.15) is 24.4 Å². The average Bonchev–Trinajstić information content (AvgIpc) is 2.71. The van der Waals surface area contributed by atoms with Gasteiger partial charge in [0.05, 0.1) is 13.2 Å². The highest BCUT2D eigenvalue weighted by molar-refractivity contribution is 5.17. The largest absolute Gasteiger partial charge is 0.387 e. The zero-order valence-electron chi connectivity index (χ0n) is 14.2. The molecule has 26 heavy (non-hydrogen) atoms. The molecule has 2 N–H and O–H groups in total. The van der Waals surface area contributed by atoms with Crippen molar-refractivity contribution in [1.29, 1.82) is 0 Å². The van der Waals surface area contributed by atoms with Crippen LogP contribution < -0.4 is 0 Å².